The molecule has 1 aromatic rings. The number of sulfonamides is 1. The molecule has 2 rings (SSSR count). The van der Waals surface area contributed by atoms with E-state index in [-0.39, 0.29) is 11.0 Å². The maximum atomic E-state index is 11.2. The first kappa shape index (κ1) is 11.3. The van der Waals surface area contributed by atoms with Crippen LogP contribution in [0.1, 0.15) is 25.5 Å². The van der Waals surface area contributed by atoms with Crippen molar-refractivity contribution >= 4 is 10.0 Å². The van der Waals surface area contributed by atoms with Gasteiger partial charge < -0.3 is 4.74 Å². The van der Waals surface area contributed by atoms with Gasteiger partial charge in [-0.3, -0.25) is 4.98 Å². The fraction of sp³-hybridized carbons (Fsp3) is 0.500. The average molecular weight is 242 g/mol. The minimum absolute atomic E-state index is 0.000324. The molecule has 1 aliphatic rings. The Kier molecular flexibility index (Phi) is 2.86. The van der Waals surface area contributed by atoms with Gasteiger partial charge in [0.15, 0.2) is 0 Å². The van der Waals surface area contributed by atoms with Gasteiger partial charge in [0.2, 0.25) is 10.0 Å². The van der Waals surface area contributed by atoms with E-state index in [1.807, 2.05) is 6.92 Å². The first-order valence-corrected chi connectivity index (χ1v) is 6.73. The maximum Gasteiger partial charge on any atom is 0.239 e. The van der Waals surface area contributed by atoms with Crippen molar-refractivity contribution in [3.05, 3.63) is 18.0 Å². The number of rotatable bonds is 4. The van der Waals surface area contributed by atoms with Crippen molar-refractivity contribution in [2.45, 2.75) is 37.2 Å². The van der Waals surface area contributed by atoms with Gasteiger partial charge in [-0.1, -0.05) is 6.92 Å². The molecule has 0 saturated heterocycles. The Morgan fingerprint density at radius 1 is 1.56 bits per heavy atom. The topological polar surface area (TPSA) is 82.3 Å². The molecular formula is C10H14N2O3S. The molecular weight excluding hydrogens is 228 g/mol. The van der Waals surface area contributed by atoms with Crippen LogP contribution in [0.4, 0.5) is 0 Å². The Hall–Kier alpha value is -1.14. The van der Waals surface area contributed by atoms with Crippen LogP contribution in [0, 0.1) is 0 Å². The highest BCUT2D eigenvalue weighted by atomic mass is 32.2. The van der Waals surface area contributed by atoms with Gasteiger partial charge in [0.25, 0.3) is 0 Å². The highest BCUT2D eigenvalue weighted by molar-refractivity contribution is 7.89. The number of primary sulfonamides is 1. The third-order valence-electron chi connectivity index (χ3n) is 2.39. The Labute approximate surface area is 94.7 Å². The Morgan fingerprint density at radius 3 is 2.75 bits per heavy atom. The van der Waals surface area contributed by atoms with Gasteiger partial charge in [-0.2, -0.15) is 0 Å². The van der Waals surface area contributed by atoms with Gasteiger partial charge in [0, 0.05) is 12.3 Å². The first-order chi connectivity index (χ1) is 7.50. The lowest BCUT2D eigenvalue weighted by Gasteiger charge is -2.09. The summed E-state index contributed by atoms with van der Waals surface area (Å²) in [6.07, 6.45) is 4.22. The molecule has 0 aromatic carbocycles. The molecule has 0 radical (unpaired) electrons. The lowest BCUT2D eigenvalue weighted by molar-refractivity contribution is 0.297. The van der Waals surface area contributed by atoms with Crippen LogP contribution in [0.2, 0.25) is 0 Å². The molecule has 0 amide bonds. The van der Waals surface area contributed by atoms with E-state index in [9.17, 15) is 8.42 Å². The van der Waals surface area contributed by atoms with Crippen LogP contribution in [0.5, 0.6) is 5.75 Å². The predicted molar refractivity (Wildman–Crippen MR) is 58.6 cm³/mol. The van der Waals surface area contributed by atoms with Gasteiger partial charge in [-0.25, -0.2) is 13.6 Å². The monoisotopic (exact) mass is 242 g/mol. The summed E-state index contributed by atoms with van der Waals surface area (Å²) in [4.78, 5) is 4.06. The third-order valence-corrected chi connectivity index (χ3v) is 3.27. The van der Waals surface area contributed by atoms with E-state index in [4.69, 9.17) is 9.88 Å². The number of aromatic nitrogens is 1. The second kappa shape index (κ2) is 4.03. The van der Waals surface area contributed by atoms with E-state index in [1.54, 1.807) is 0 Å². The summed E-state index contributed by atoms with van der Waals surface area (Å²) >= 11 is 0. The molecule has 2 N–H and O–H groups in total. The molecule has 0 unspecified atom stereocenters. The molecule has 0 bridgehead atoms. The lowest BCUT2D eigenvalue weighted by Crippen LogP contribution is -2.13. The van der Waals surface area contributed by atoms with Crippen LogP contribution in [0.15, 0.2) is 17.2 Å². The number of nitrogens with zero attached hydrogens (tertiary/aromatic N) is 1. The van der Waals surface area contributed by atoms with Crippen molar-refractivity contribution in [2.75, 3.05) is 0 Å². The molecule has 1 aromatic heterocycles. The van der Waals surface area contributed by atoms with Gasteiger partial charge >= 0.3 is 0 Å². The van der Waals surface area contributed by atoms with E-state index >= 15 is 0 Å². The number of nitrogens with two attached hydrogens (primary N) is 1. The van der Waals surface area contributed by atoms with Crippen LogP contribution >= 0.6 is 0 Å². The summed E-state index contributed by atoms with van der Waals surface area (Å²) in [6.45, 7) is 1.94. The molecule has 0 spiro atoms. The number of aryl methyl sites for hydroxylation is 1. The van der Waals surface area contributed by atoms with Gasteiger partial charge in [-0.15, -0.1) is 0 Å². The average Bonchev–Trinajstić information content (AvgIpc) is 3.00. The normalized spacial score (nSPS) is 16.1. The molecule has 5 nitrogen and oxygen atoms in total. The van der Waals surface area contributed by atoms with Crippen molar-refractivity contribution in [2.24, 2.45) is 5.14 Å². The van der Waals surface area contributed by atoms with Gasteiger partial charge in [0.1, 0.15) is 10.6 Å². The first-order valence-electron chi connectivity index (χ1n) is 5.19. The number of hydrogen-bond acceptors (Lipinski definition) is 4. The second-order valence-electron chi connectivity index (χ2n) is 3.83. The standard InChI is InChI=1S/C10H14N2O3S/c1-2-9-10(15-7-3-4-7)5-8(6-12-9)16(11,13)14/h5-7H,2-4H2,1H3,(H2,11,13,14). The molecule has 1 saturated carbocycles. The summed E-state index contributed by atoms with van der Waals surface area (Å²) < 4.78 is 27.9. The fourth-order valence-corrected chi connectivity index (χ4v) is 1.81. The second-order valence-corrected chi connectivity index (χ2v) is 5.39. The lowest BCUT2D eigenvalue weighted by atomic mass is 10.3. The van der Waals surface area contributed by atoms with Crippen LogP contribution in [-0.2, 0) is 16.4 Å². The predicted octanol–water partition coefficient (Wildman–Crippen LogP) is 0.833. The zero-order chi connectivity index (χ0) is 11.8. The maximum absolute atomic E-state index is 11.2. The summed E-state index contributed by atoms with van der Waals surface area (Å²) in [5.41, 5.74) is 0.763. The van der Waals surface area contributed by atoms with E-state index in [0.29, 0.717) is 12.2 Å². The summed E-state index contributed by atoms with van der Waals surface area (Å²) in [7, 11) is -3.71. The number of pyridine rings is 1. The summed E-state index contributed by atoms with van der Waals surface area (Å²) in [5, 5.41) is 5.04. The minimum atomic E-state index is -3.71. The zero-order valence-electron chi connectivity index (χ0n) is 9.01. The summed E-state index contributed by atoms with van der Waals surface area (Å²) in [6, 6.07) is 1.46. The van der Waals surface area contributed by atoms with Crippen LogP contribution in [-0.4, -0.2) is 19.5 Å². The van der Waals surface area contributed by atoms with E-state index < -0.39 is 10.0 Å². The highest BCUT2D eigenvalue weighted by Gasteiger charge is 2.25. The SMILES string of the molecule is CCc1ncc(S(N)(=O)=O)cc1OC1CC1. The largest absolute Gasteiger partial charge is 0.488 e. The van der Waals surface area contributed by atoms with E-state index in [0.717, 1.165) is 18.5 Å². The minimum Gasteiger partial charge on any atom is -0.488 e. The van der Waals surface area contributed by atoms with E-state index in [1.165, 1.54) is 12.3 Å². The molecule has 1 fully saturated rings. The van der Waals surface area contributed by atoms with Crippen molar-refractivity contribution in [3.63, 3.8) is 0 Å². The fourth-order valence-electron chi connectivity index (χ4n) is 1.34. The Balaban J connectivity index is 2.37. The van der Waals surface area contributed by atoms with Crippen molar-refractivity contribution < 1.29 is 13.2 Å². The quantitative estimate of drug-likeness (QED) is 0.847. The molecule has 16 heavy (non-hydrogen) atoms. The van der Waals surface area contributed by atoms with Gasteiger partial charge in [-0.05, 0) is 19.3 Å². The Morgan fingerprint density at radius 2 is 2.25 bits per heavy atom. The smallest absolute Gasteiger partial charge is 0.239 e. The molecule has 1 aliphatic carbocycles. The Bertz CT molecular complexity index is 495. The van der Waals surface area contributed by atoms with Crippen LogP contribution < -0.4 is 9.88 Å². The van der Waals surface area contributed by atoms with Crippen molar-refractivity contribution in [1.29, 1.82) is 0 Å². The molecule has 88 valence electrons. The molecule has 1 heterocycles. The highest BCUT2D eigenvalue weighted by Crippen LogP contribution is 2.29. The van der Waals surface area contributed by atoms with Crippen LogP contribution in [0.3, 0.4) is 0 Å². The van der Waals surface area contributed by atoms with Gasteiger partial charge in [0.05, 0.1) is 11.8 Å². The van der Waals surface area contributed by atoms with Crippen molar-refractivity contribution in [1.82, 2.24) is 4.98 Å². The number of ether oxygens (including phenoxy) is 1. The van der Waals surface area contributed by atoms with Crippen molar-refractivity contribution in [3.8, 4) is 5.75 Å². The molecule has 6 heteroatoms. The third kappa shape index (κ3) is 2.51. The molecule has 0 aliphatic heterocycles. The molecule has 0 atom stereocenters. The zero-order valence-corrected chi connectivity index (χ0v) is 9.83. The van der Waals surface area contributed by atoms with Crippen LogP contribution in [0.25, 0.3) is 0 Å². The summed E-state index contributed by atoms with van der Waals surface area (Å²) in [5.74, 6) is 0.538. The van der Waals surface area contributed by atoms with E-state index in [2.05, 4.69) is 4.98 Å². The number of hydrogen-bond donors (Lipinski definition) is 1.